The van der Waals surface area contributed by atoms with Gasteiger partial charge in [0.15, 0.2) is 0 Å². The average Bonchev–Trinajstić information content (AvgIpc) is 2.59. The Hall–Kier alpha value is -0.763. The first-order valence-corrected chi connectivity index (χ1v) is 10.7. The molecule has 0 radical (unpaired) electrons. The molecule has 0 aliphatic heterocycles. The van der Waals surface area contributed by atoms with E-state index in [1.807, 2.05) is 24.7 Å². The quantitative estimate of drug-likeness (QED) is 0.452. The molecule has 0 saturated carbocycles. The van der Waals surface area contributed by atoms with E-state index in [-0.39, 0.29) is 6.04 Å². The highest BCUT2D eigenvalue weighted by Gasteiger charge is 2.27. The third-order valence-corrected chi connectivity index (χ3v) is 7.04. The standard InChI is InChI=1S/C17H31NO4Si/c1-15(16-9-6-5-7-10-16)18-13-17(19)14-22-11-8-12-23(4,20-2)21-3/h5-7,9-10,15,17-19H,8,11-14H2,1-4H3/t15-,17?/m1/s1. The van der Waals surface area contributed by atoms with Crippen molar-refractivity contribution < 1.29 is 18.7 Å². The van der Waals surface area contributed by atoms with E-state index < -0.39 is 14.7 Å². The number of aliphatic hydroxyl groups excluding tert-OH is 1. The van der Waals surface area contributed by atoms with Crippen LogP contribution in [0.3, 0.4) is 0 Å². The van der Waals surface area contributed by atoms with Gasteiger partial charge in [-0.25, -0.2) is 0 Å². The minimum absolute atomic E-state index is 0.209. The molecule has 0 aliphatic carbocycles. The summed E-state index contributed by atoms with van der Waals surface area (Å²) in [6.45, 7) is 5.59. The molecular weight excluding hydrogens is 310 g/mol. The van der Waals surface area contributed by atoms with E-state index in [0.29, 0.717) is 19.8 Å². The molecule has 1 unspecified atom stereocenters. The predicted molar refractivity (Wildman–Crippen MR) is 94.7 cm³/mol. The number of benzene rings is 1. The lowest BCUT2D eigenvalue weighted by molar-refractivity contribution is 0.0355. The fraction of sp³-hybridized carbons (Fsp3) is 0.647. The maximum Gasteiger partial charge on any atom is 0.334 e. The van der Waals surface area contributed by atoms with Gasteiger partial charge in [-0.15, -0.1) is 0 Å². The molecular formula is C17H31NO4Si. The van der Waals surface area contributed by atoms with Crippen molar-refractivity contribution in [1.29, 1.82) is 0 Å². The van der Waals surface area contributed by atoms with Gasteiger partial charge in [-0.1, -0.05) is 30.3 Å². The summed E-state index contributed by atoms with van der Waals surface area (Å²) in [7, 11) is 1.39. The number of hydrogen-bond acceptors (Lipinski definition) is 5. The van der Waals surface area contributed by atoms with E-state index >= 15 is 0 Å². The second kappa shape index (κ2) is 10.9. The second-order valence-corrected chi connectivity index (χ2v) is 9.50. The Morgan fingerprint density at radius 1 is 1.17 bits per heavy atom. The van der Waals surface area contributed by atoms with Crippen molar-refractivity contribution in [3.8, 4) is 0 Å². The van der Waals surface area contributed by atoms with Crippen LogP contribution in [0.25, 0.3) is 0 Å². The summed E-state index contributed by atoms with van der Waals surface area (Å²) in [5.41, 5.74) is 1.21. The van der Waals surface area contributed by atoms with Crippen LogP contribution < -0.4 is 5.32 Å². The molecule has 0 fully saturated rings. The van der Waals surface area contributed by atoms with Crippen LogP contribution in [0, 0.1) is 0 Å². The number of aliphatic hydroxyl groups is 1. The van der Waals surface area contributed by atoms with E-state index in [0.717, 1.165) is 12.5 Å². The topological polar surface area (TPSA) is 60.0 Å². The summed E-state index contributed by atoms with van der Waals surface area (Å²) < 4.78 is 16.4. The minimum atomic E-state index is -2.00. The molecule has 2 N–H and O–H groups in total. The highest BCUT2D eigenvalue weighted by Crippen LogP contribution is 2.13. The summed E-state index contributed by atoms with van der Waals surface area (Å²) in [5, 5.41) is 13.3. The molecule has 132 valence electrons. The summed E-state index contributed by atoms with van der Waals surface area (Å²) in [6, 6.07) is 11.3. The second-order valence-electron chi connectivity index (χ2n) is 5.91. The number of hydrogen-bond donors (Lipinski definition) is 2. The first-order valence-electron chi connectivity index (χ1n) is 8.15. The molecule has 0 amide bonds. The van der Waals surface area contributed by atoms with Gasteiger partial charge in [-0.3, -0.25) is 0 Å². The first kappa shape index (κ1) is 20.3. The van der Waals surface area contributed by atoms with Gasteiger partial charge in [-0.05, 0) is 31.5 Å². The molecule has 0 spiro atoms. The number of nitrogens with one attached hydrogen (secondary N) is 1. The molecule has 5 nitrogen and oxygen atoms in total. The lowest BCUT2D eigenvalue weighted by Gasteiger charge is -2.22. The zero-order valence-electron chi connectivity index (χ0n) is 14.7. The molecule has 1 aromatic carbocycles. The minimum Gasteiger partial charge on any atom is -0.398 e. The Labute approximate surface area is 141 Å². The lowest BCUT2D eigenvalue weighted by atomic mass is 10.1. The van der Waals surface area contributed by atoms with Gasteiger partial charge in [0.1, 0.15) is 0 Å². The molecule has 0 aromatic heterocycles. The number of ether oxygens (including phenoxy) is 1. The van der Waals surface area contributed by atoms with Crippen LogP contribution in [-0.2, 0) is 13.6 Å². The van der Waals surface area contributed by atoms with Crippen LogP contribution in [-0.4, -0.2) is 53.7 Å². The van der Waals surface area contributed by atoms with Gasteiger partial charge in [0.25, 0.3) is 0 Å². The third-order valence-electron chi connectivity index (χ3n) is 4.05. The van der Waals surface area contributed by atoms with Gasteiger partial charge in [0, 0.05) is 33.4 Å². The van der Waals surface area contributed by atoms with Gasteiger partial charge >= 0.3 is 8.56 Å². The molecule has 23 heavy (non-hydrogen) atoms. The smallest absolute Gasteiger partial charge is 0.334 e. The zero-order chi connectivity index (χ0) is 17.1. The Balaban J connectivity index is 2.12. The largest absolute Gasteiger partial charge is 0.398 e. The van der Waals surface area contributed by atoms with Crippen LogP contribution in [0.5, 0.6) is 0 Å². The van der Waals surface area contributed by atoms with Crippen LogP contribution in [0.2, 0.25) is 12.6 Å². The normalized spacial score (nSPS) is 14.7. The van der Waals surface area contributed by atoms with Gasteiger partial charge in [0.2, 0.25) is 0 Å². The van der Waals surface area contributed by atoms with Crippen LogP contribution in [0.4, 0.5) is 0 Å². The molecule has 0 aliphatic rings. The Bertz CT molecular complexity index is 414. The fourth-order valence-electron chi connectivity index (χ4n) is 2.23. The molecule has 0 heterocycles. The number of rotatable bonds is 12. The molecule has 1 aromatic rings. The van der Waals surface area contributed by atoms with Gasteiger partial charge in [-0.2, -0.15) is 0 Å². The predicted octanol–water partition coefficient (Wildman–Crippen LogP) is 2.47. The van der Waals surface area contributed by atoms with Crippen LogP contribution >= 0.6 is 0 Å². The maximum absolute atomic E-state index is 9.97. The third kappa shape index (κ3) is 8.05. The highest BCUT2D eigenvalue weighted by atomic mass is 28.4. The molecule has 0 saturated heterocycles. The van der Waals surface area contributed by atoms with Crippen molar-refractivity contribution in [2.75, 3.05) is 34.0 Å². The molecule has 1 rings (SSSR count). The van der Waals surface area contributed by atoms with Crippen molar-refractivity contribution in [3.05, 3.63) is 35.9 Å². The zero-order valence-corrected chi connectivity index (χ0v) is 15.7. The summed E-state index contributed by atoms with van der Waals surface area (Å²) in [5.74, 6) is 0. The lowest BCUT2D eigenvalue weighted by Crippen LogP contribution is -2.36. The fourth-order valence-corrected chi connectivity index (χ4v) is 3.59. The van der Waals surface area contributed by atoms with Crippen molar-refractivity contribution in [2.24, 2.45) is 0 Å². The Morgan fingerprint density at radius 3 is 2.43 bits per heavy atom. The molecule has 2 atom stereocenters. The van der Waals surface area contributed by atoms with E-state index in [9.17, 15) is 5.11 Å². The van der Waals surface area contributed by atoms with E-state index in [2.05, 4.69) is 24.4 Å². The molecule has 6 heteroatoms. The van der Waals surface area contributed by atoms with Crippen molar-refractivity contribution in [2.45, 2.75) is 38.1 Å². The van der Waals surface area contributed by atoms with Crippen molar-refractivity contribution in [3.63, 3.8) is 0 Å². The average molecular weight is 342 g/mol. The van der Waals surface area contributed by atoms with E-state index in [4.69, 9.17) is 13.6 Å². The van der Waals surface area contributed by atoms with Crippen molar-refractivity contribution in [1.82, 2.24) is 5.32 Å². The monoisotopic (exact) mass is 341 g/mol. The summed E-state index contributed by atoms with van der Waals surface area (Å²) in [6.07, 6.45) is 0.375. The van der Waals surface area contributed by atoms with Crippen LogP contribution in [0.1, 0.15) is 24.9 Å². The van der Waals surface area contributed by atoms with E-state index in [1.54, 1.807) is 14.2 Å². The maximum atomic E-state index is 9.97. The Kier molecular flexibility index (Phi) is 9.62. The van der Waals surface area contributed by atoms with Gasteiger partial charge < -0.3 is 24.0 Å². The first-order chi connectivity index (χ1) is 11.0. The summed E-state index contributed by atoms with van der Waals surface area (Å²) >= 11 is 0. The van der Waals surface area contributed by atoms with Gasteiger partial charge in [0.05, 0.1) is 12.7 Å². The molecule has 0 bridgehead atoms. The van der Waals surface area contributed by atoms with Crippen LogP contribution in [0.15, 0.2) is 30.3 Å². The SMILES string of the molecule is CO[Si](C)(CCCOCC(O)CN[C@H](C)c1ccccc1)OC. The van der Waals surface area contributed by atoms with E-state index in [1.165, 1.54) is 5.56 Å². The highest BCUT2D eigenvalue weighted by molar-refractivity contribution is 6.65. The van der Waals surface area contributed by atoms with Crippen molar-refractivity contribution >= 4 is 8.56 Å². The summed E-state index contributed by atoms with van der Waals surface area (Å²) in [4.78, 5) is 0. The Morgan fingerprint density at radius 2 is 1.83 bits per heavy atom.